The summed E-state index contributed by atoms with van der Waals surface area (Å²) in [5.41, 5.74) is 3.37. The van der Waals surface area contributed by atoms with Crippen LogP contribution in [-0.4, -0.2) is 62.5 Å². The molecule has 1 aliphatic heterocycles. The van der Waals surface area contributed by atoms with Crippen molar-refractivity contribution in [2.75, 3.05) is 47.0 Å². The van der Waals surface area contributed by atoms with Crippen LogP contribution < -0.4 is 9.92 Å². The molecule has 6 nitrogen and oxygen atoms in total. The molecule has 1 atom stereocenters. The van der Waals surface area contributed by atoms with E-state index in [0.29, 0.717) is 25.4 Å². The Morgan fingerprint density at radius 3 is 2.20 bits per heavy atom. The molecular weight excluding hydrogens is 549 g/mol. The monoisotopic (exact) mass is 585 g/mol. The molecule has 1 saturated heterocycles. The molecule has 212 valence electrons. The van der Waals surface area contributed by atoms with Crippen molar-refractivity contribution in [3.63, 3.8) is 0 Å². The van der Waals surface area contributed by atoms with Gasteiger partial charge in [0.25, 0.3) is 0 Å². The van der Waals surface area contributed by atoms with Crippen LogP contribution in [0.2, 0.25) is 0 Å². The summed E-state index contributed by atoms with van der Waals surface area (Å²) in [7, 11) is 1.29. The Morgan fingerprint density at radius 2 is 1.59 bits per heavy atom. The molecule has 1 fully saturated rings. The molecule has 4 aromatic rings. The van der Waals surface area contributed by atoms with E-state index in [1.54, 1.807) is 11.3 Å². The molecule has 1 aliphatic rings. The second-order valence-electron chi connectivity index (χ2n) is 9.83. The number of esters is 1. The van der Waals surface area contributed by atoms with Gasteiger partial charge in [-0.25, -0.2) is 9.54 Å². The van der Waals surface area contributed by atoms with E-state index in [-0.39, 0.29) is 5.97 Å². The van der Waals surface area contributed by atoms with E-state index < -0.39 is 7.21 Å². The highest BCUT2D eigenvalue weighted by molar-refractivity contribution is 7.83. The normalized spacial score (nSPS) is 15.4. The average Bonchev–Trinajstić information content (AvgIpc) is 3.41. The van der Waals surface area contributed by atoms with Crippen LogP contribution in [0.25, 0.3) is 17.2 Å². The van der Waals surface area contributed by atoms with Gasteiger partial charge in [-0.15, -0.1) is 11.3 Å². The van der Waals surface area contributed by atoms with Crippen molar-refractivity contribution >= 4 is 46.2 Å². The fraction of sp³-hybridized carbons (Fsp3) is 0.242. The third kappa shape index (κ3) is 6.24. The van der Waals surface area contributed by atoms with Crippen molar-refractivity contribution in [3.05, 3.63) is 108 Å². The van der Waals surface area contributed by atoms with Crippen LogP contribution in [0, 0.1) is 0 Å². The Morgan fingerprint density at radius 1 is 0.976 bits per heavy atom. The lowest BCUT2D eigenvalue weighted by Gasteiger charge is -2.39. The van der Waals surface area contributed by atoms with Gasteiger partial charge in [0.15, 0.2) is 0 Å². The lowest BCUT2D eigenvalue weighted by molar-refractivity contribution is 0.0527. The SMILES string of the molecule is CCOC(=O)c1c(C=CN(C)C)sc(P(=Nc2ccccc2)(c2ccccc2)N2CCOCC2)c1-c1ccccc1. The molecule has 0 aliphatic carbocycles. The first-order valence-corrected chi connectivity index (χ1v) is 16.4. The highest BCUT2D eigenvalue weighted by atomic mass is 32.1. The molecule has 41 heavy (non-hydrogen) atoms. The van der Waals surface area contributed by atoms with Crippen molar-refractivity contribution in [2.24, 2.45) is 4.74 Å². The third-order valence-electron chi connectivity index (χ3n) is 6.80. The molecule has 5 rings (SSSR count). The molecule has 8 heteroatoms. The summed E-state index contributed by atoms with van der Waals surface area (Å²) < 4.78 is 20.8. The Kier molecular flexibility index (Phi) is 9.53. The van der Waals surface area contributed by atoms with Crippen molar-refractivity contribution in [3.8, 4) is 11.1 Å². The number of ether oxygens (including phenoxy) is 2. The van der Waals surface area contributed by atoms with Crippen LogP contribution in [0.4, 0.5) is 5.69 Å². The first kappa shape index (κ1) is 29.0. The zero-order valence-corrected chi connectivity index (χ0v) is 25.5. The number of nitrogens with zero attached hydrogens (tertiary/aromatic N) is 3. The van der Waals surface area contributed by atoms with Crippen LogP contribution in [0.3, 0.4) is 0 Å². The minimum absolute atomic E-state index is 0.298. The number of benzene rings is 3. The van der Waals surface area contributed by atoms with Gasteiger partial charge in [0.05, 0.1) is 35.7 Å². The van der Waals surface area contributed by atoms with E-state index in [9.17, 15) is 4.79 Å². The number of morpholine rings is 1. The molecule has 3 aromatic carbocycles. The number of hydrogen-bond acceptors (Lipinski definition) is 6. The van der Waals surface area contributed by atoms with Gasteiger partial charge in [0.1, 0.15) is 7.21 Å². The maximum Gasteiger partial charge on any atom is 0.340 e. The van der Waals surface area contributed by atoms with Gasteiger partial charge in [0, 0.05) is 42.9 Å². The molecule has 2 heterocycles. The number of rotatable bonds is 9. The summed E-state index contributed by atoms with van der Waals surface area (Å²) in [5.74, 6) is -0.319. The molecule has 1 unspecified atom stereocenters. The van der Waals surface area contributed by atoms with Crippen molar-refractivity contribution in [1.29, 1.82) is 0 Å². The number of carbonyl (C=O) groups is 1. The maximum atomic E-state index is 13.8. The van der Waals surface area contributed by atoms with E-state index in [2.05, 4.69) is 53.2 Å². The number of hydrogen-bond donors (Lipinski definition) is 0. The molecule has 0 spiro atoms. The van der Waals surface area contributed by atoms with E-state index in [0.717, 1.165) is 44.7 Å². The lowest BCUT2D eigenvalue weighted by Crippen LogP contribution is -2.40. The predicted octanol–water partition coefficient (Wildman–Crippen LogP) is 6.86. The Balaban J connectivity index is 1.96. The maximum absolute atomic E-state index is 13.8. The Bertz CT molecular complexity index is 1530. The van der Waals surface area contributed by atoms with Gasteiger partial charge in [0.2, 0.25) is 0 Å². The summed E-state index contributed by atoms with van der Waals surface area (Å²) in [6.45, 7) is 4.88. The minimum atomic E-state index is -2.67. The van der Waals surface area contributed by atoms with Crippen molar-refractivity contribution < 1.29 is 14.3 Å². The highest BCUT2D eigenvalue weighted by Gasteiger charge is 2.40. The second-order valence-corrected chi connectivity index (χ2v) is 14.1. The zero-order chi connectivity index (χ0) is 28.7. The lowest BCUT2D eigenvalue weighted by atomic mass is 10.0. The Hall–Kier alpha value is -3.48. The summed E-state index contributed by atoms with van der Waals surface area (Å²) >= 11 is 1.65. The summed E-state index contributed by atoms with van der Waals surface area (Å²) in [6, 6.07) is 31.0. The Labute approximate surface area is 247 Å². The van der Waals surface area contributed by atoms with Crippen LogP contribution in [-0.2, 0) is 9.47 Å². The standard InChI is InChI=1S/C33H36N3O3PS/c1-4-39-32(37)31-29(20-21-35(2)3)41-33(30(31)26-14-8-5-9-15-26)40(28-18-12-7-13-19-28,36-22-24-38-25-23-36)34-27-16-10-6-11-17-27/h5-21H,4,22-25H2,1-3H3. The molecular formula is C33H36N3O3PS. The molecule has 0 radical (unpaired) electrons. The van der Waals surface area contributed by atoms with Crippen LogP contribution in [0.15, 0.2) is 102 Å². The number of carbonyl (C=O) groups excluding carboxylic acids is 1. The van der Waals surface area contributed by atoms with Gasteiger partial charge < -0.3 is 14.4 Å². The summed E-state index contributed by atoms with van der Waals surface area (Å²) in [6.07, 6.45) is 4.01. The van der Waals surface area contributed by atoms with E-state index in [1.807, 2.05) is 80.7 Å². The largest absolute Gasteiger partial charge is 0.462 e. The van der Waals surface area contributed by atoms with Gasteiger partial charge >= 0.3 is 5.97 Å². The van der Waals surface area contributed by atoms with Gasteiger partial charge in [-0.05, 0) is 36.9 Å². The van der Waals surface area contributed by atoms with E-state index in [1.165, 1.54) is 0 Å². The fourth-order valence-electron chi connectivity index (χ4n) is 4.98. The first-order chi connectivity index (χ1) is 20.0. The smallest absolute Gasteiger partial charge is 0.340 e. The minimum Gasteiger partial charge on any atom is -0.462 e. The van der Waals surface area contributed by atoms with Gasteiger partial charge in [-0.1, -0.05) is 78.9 Å². The first-order valence-electron chi connectivity index (χ1n) is 13.8. The fourth-order valence-corrected chi connectivity index (χ4v) is 11.0. The quantitative estimate of drug-likeness (QED) is 0.159. The average molecular weight is 586 g/mol. The number of thiophene rings is 1. The van der Waals surface area contributed by atoms with Crippen molar-refractivity contribution in [1.82, 2.24) is 9.57 Å². The predicted molar refractivity (Wildman–Crippen MR) is 172 cm³/mol. The van der Waals surface area contributed by atoms with Gasteiger partial charge in [-0.2, -0.15) is 0 Å². The van der Waals surface area contributed by atoms with Gasteiger partial charge in [-0.3, -0.25) is 4.67 Å². The highest BCUT2D eigenvalue weighted by Crippen LogP contribution is 2.58. The van der Waals surface area contributed by atoms with Crippen LogP contribution in [0.5, 0.6) is 0 Å². The van der Waals surface area contributed by atoms with E-state index in [4.69, 9.17) is 14.2 Å². The second kappa shape index (κ2) is 13.5. The summed E-state index contributed by atoms with van der Waals surface area (Å²) in [5, 5.41) is 1.14. The molecule has 0 saturated carbocycles. The van der Waals surface area contributed by atoms with Crippen molar-refractivity contribution in [2.45, 2.75) is 6.92 Å². The zero-order valence-electron chi connectivity index (χ0n) is 23.8. The molecule has 0 amide bonds. The topological polar surface area (TPSA) is 54.4 Å². The molecule has 0 bridgehead atoms. The van der Waals surface area contributed by atoms with Crippen LogP contribution in [0.1, 0.15) is 22.2 Å². The third-order valence-corrected chi connectivity index (χ3v) is 12.3. The summed E-state index contributed by atoms with van der Waals surface area (Å²) in [4.78, 5) is 16.6. The molecule has 1 aromatic heterocycles. The molecule has 0 N–H and O–H groups in total. The van der Waals surface area contributed by atoms with Crippen LogP contribution >= 0.6 is 18.5 Å². The van der Waals surface area contributed by atoms with E-state index >= 15 is 0 Å².